The first-order chi connectivity index (χ1) is 9.08. The third-order valence-corrected chi connectivity index (χ3v) is 3.49. The number of ether oxygens (including phenoxy) is 2. The number of hydrogen-bond donors (Lipinski definition) is 1. The molecule has 0 radical (unpaired) electrons. The minimum atomic E-state index is -0.622. The van der Waals surface area contributed by atoms with Gasteiger partial charge >= 0.3 is 5.97 Å². The maximum atomic E-state index is 12.2. The highest BCUT2D eigenvalue weighted by Crippen LogP contribution is 2.24. The molecule has 0 saturated heterocycles. The molecule has 2 aromatic rings. The molecule has 0 bridgehead atoms. The number of rotatable bonds is 3. The topological polar surface area (TPSA) is 68.4 Å². The lowest BCUT2D eigenvalue weighted by Gasteiger charge is -2.07. The van der Waals surface area contributed by atoms with Gasteiger partial charge in [0.15, 0.2) is 0 Å². The summed E-state index contributed by atoms with van der Waals surface area (Å²) in [6, 6.07) is 3.42. The molecular weight excluding hydrogens is 361 g/mol. The van der Waals surface area contributed by atoms with Gasteiger partial charge in [-0.05, 0) is 41.6 Å². The largest absolute Gasteiger partial charge is 0.496 e. The van der Waals surface area contributed by atoms with E-state index in [-0.39, 0.29) is 17.6 Å². The first-order valence-electron chi connectivity index (χ1n) is 5.64. The molecule has 0 aliphatic rings. The van der Waals surface area contributed by atoms with Crippen LogP contribution in [0, 0.1) is 3.57 Å². The van der Waals surface area contributed by atoms with Crippen molar-refractivity contribution in [3.8, 4) is 5.75 Å². The second kappa shape index (κ2) is 5.60. The Morgan fingerprint density at radius 3 is 2.79 bits per heavy atom. The molecule has 0 fully saturated rings. The average Bonchev–Trinajstić information content (AvgIpc) is 2.38. The number of halogens is 1. The second-order valence-electron chi connectivity index (χ2n) is 3.78. The van der Waals surface area contributed by atoms with Gasteiger partial charge < -0.3 is 14.5 Å². The lowest BCUT2D eigenvalue weighted by molar-refractivity contribution is 0.0524. The van der Waals surface area contributed by atoms with Crippen molar-refractivity contribution < 1.29 is 14.3 Å². The SMILES string of the molecule is CCOC(=O)c1c[nH]c2cc(I)c(OC)cc2c1=O. The zero-order valence-electron chi connectivity index (χ0n) is 10.5. The normalized spacial score (nSPS) is 10.5. The number of methoxy groups -OCH3 is 1. The van der Waals surface area contributed by atoms with Crippen molar-refractivity contribution in [2.24, 2.45) is 0 Å². The zero-order chi connectivity index (χ0) is 14.0. The molecule has 6 heteroatoms. The first kappa shape index (κ1) is 13.9. The number of H-pyrrole nitrogens is 1. The predicted octanol–water partition coefficient (Wildman–Crippen LogP) is 2.32. The van der Waals surface area contributed by atoms with Crippen LogP contribution < -0.4 is 10.2 Å². The summed E-state index contributed by atoms with van der Waals surface area (Å²) in [5.74, 6) is -0.0252. The van der Waals surface area contributed by atoms with E-state index in [1.807, 2.05) is 0 Å². The quantitative estimate of drug-likeness (QED) is 0.663. The summed E-state index contributed by atoms with van der Waals surface area (Å²) in [4.78, 5) is 26.8. The molecule has 100 valence electrons. The predicted molar refractivity (Wildman–Crippen MR) is 79.8 cm³/mol. The number of carbonyl (C=O) groups is 1. The third-order valence-electron chi connectivity index (χ3n) is 2.65. The fourth-order valence-electron chi connectivity index (χ4n) is 1.74. The van der Waals surface area contributed by atoms with E-state index < -0.39 is 5.97 Å². The molecule has 2 rings (SSSR count). The Morgan fingerprint density at radius 1 is 1.42 bits per heavy atom. The van der Waals surface area contributed by atoms with E-state index in [0.29, 0.717) is 16.7 Å². The number of esters is 1. The summed E-state index contributed by atoms with van der Waals surface area (Å²) in [5.41, 5.74) is 0.294. The fraction of sp³-hybridized carbons (Fsp3) is 0.231. The Hall–Kier alpha value is -1.57. The summed E-state index contributed by atoms with van der Waals surface area (Å²) < 4.78 is 10.9. The number of hydrogen-bond acceptors (Lipinski definition) is 4. The van der Waals surface area contributed by atoms with E-state index >= 15 is 0 Å². The van der Waals surface area contributed by atoms with Crippen LogP contribution in [0.25, 0.3) is 10.9 Å². The Morgan fingerprint density at radius 2 is 2.16 bits per heavy atom. The molecule has 0 atom stereocenters. The van der Waals surface area contributed by atoms with Gasteiger partial charge in [-0.3, -0.25) is 4.79 Å². The lowest BCUT2D eigenvalue weighted by Crippen LogP contribution is -2.18. The summed E-state index contributed by atoms with van der Waals surface area (Å²) in [6.07, 6.45) is 1.38. The summed E-state index contributed by atoms with van der Waals surface area (Å²) in [7, 11) is 1.53. The van der Waals surface area contributed by atoms with Gasteiger partial charge in [-0.2, -0.15) is 0 Å². The van der Waals surface area contributed by atoms with Gasteiger partial charge in [0, 0.05) is 6.20 Å². The van der Waals surface area contributed by atoms with Crippen LogP contribution >= 0.6 is 22.6 Å². The summed E-state index contributed by atoms with van der Waals surface area (Å²) in [6.45, 7) is 1.92. The van der Waals surface area contributed by atoms with Crippen LogP contribution in [-0.4, -0.2) is 24.7 Å². The number of pyridine rings is 1. The van der Waals surface area contributed by atoms with E-state index in [1.165, 1.54) is 13.3 Å². The zero-order valence-corrected chi connectivity index (χ0v) is 12.6. The first-order valence-corrected chi connectivity index (χ1v) is 6.72. The smallest absolute Gasteiger partial charge is 0.343 e. The molecule has 0 saturated carbocycles. The monoisotopic (exact) mass is 373 g/mol. The number of aromatic amines is 1. The van der Waals surface area contributed by atoms with Crippen molar-refractivity contribution in [2.45, 2.75) is 6.92 Å². The molecule has 5 nitrogen and oxygen atoms in total. The summed E-state index contributed by atoms with van der Waals surface area (Å²) in [5, 5.41) is 0.405. The minimum absolute atomic E-state index is 0.00221. The Balaban J connectivity index is 2.67. The Kier molecular flexibility index (Phi) is 4.08. The van der Waals surface area contributed by atoms with Crippen LogP contribution in [0.2, 0.25) is 0 Å². The van der Waals surface area contributed by atoms with Gasteiger partial charge in [0.1, 0.15) is 11.3 Å². The number of aromatic nitrogens is 1. The Labute approximate surface area is 123 Å². The molecule has 0 spiro atoms. The highest BCUT2D eigenvalue weighted by atomic mass is 127. The van der Waals surface area contributed by atoms with Gasteiger partial charge in [-0.15, -0.1) is 0 Å². The number of benzene rings is 1. The molecule has 1 aromatic carbocycles. The number of fused-ring (bicyclic) bond motifs is 1. The molecule has 1 aromatic heterocycles. The van der Waals surface area contributed by atoms with E-state index in [1.54, 1.807) is 19.1 Å². The van der Waals surface area contributed by atoms with Gasteiger partial charge in [-0.25, -0.2) is 4.79 Å². The van der Waals surface area contributed by atoms with Crippen molar-refractivity contribution in [1.29, 1.82) is 0 Å². The van der Waals surface area contributed by atoms with Gasteiger partial charge in [0.2, 0.25) is 5.43 Å². The van der Waals surface area contributed by atoms with Crippen LogP contribution in [-0.2, 0) is 4.74 Å². The maximum absolute atomic E-state index is 12.2. The maximum Gasteiger partial charge on any atom is 0.343 e. The van der Waals surface area contributed by atoms with Crippen LogP contribution in [0.4, 0.5) is 0 Å². The van der Waals surface area contributed by atoms with E-state index in [4.69, 9.17) is 9.47 Å². The molecule has 19 heavy (non-hydrogen) atoms. The van der Waals surface area contributed by atoms with Gasteiger partial charge in [0.25, 0.3) is 0 Å². The minimum Gasteiger partial charge on any atom is -0.496 e. The fourth-order valence-corrected chi connectivity index (χ4v) is 2.43. The molecule has 0 aliphatic carbocycles. The molecule has 0 aliphatic heterocycles. The van der Waals surface area contributed by atoms with Crippen LogP contribution in [0.1, 0.15) is 17.3 Å². The van der Waals surface area contributed by atoms with Crippen molar-refractivity contribution in [2.75, 3.05) is 13.7 Å². The molecule has 1 heterocycles. The third kappa shape index (κ3) is 2.58. The second-order valence-corrected chi connectivity index (χ2v) is 4.95. The van der Waals surface area contributed by atoms with Crippen LogP contribution in [0.15, 0.2) is 23.1 Å². The molecular formula is C13H12INO4. The van der Waals surface area contributed by atoms with E-state index in [2.05, 4.69) is 27.6 Å². The van der Waals surface area contributed by atoms with Crippen molar-refractivity contribution >= 4 is 39.5 Å². The average molecular weight is 373 g/mol. The van der Waals surface area contributed by atoms with E-state index in [9.17, 15) is 9.59 Å². The lowest BCUT2D eigenvalue weighted by atomic mass is 10.1. The Bertz CT molecular complexity index is 693. The molecule has 0 unspecified atom stereocenters. The highest BCUT2D eigenvalue weighted by Gasteiger charge is 2.15. The van der Waals surface area contributed by atoms with Crippen molar-refractivity contribution in [3.05, 3.63) is 37.7 Å². The standard InChI is InChI=1S/C13H12INO4/c1-3-19-13(17)8-6-15-10-5-9(14)11(18-2)4-7(10)12(8)16/h4-6H,3H2,1-2H3,(H,15,16). The van der Waals surface area contributed by atoms with Gasteiger partial charge in [-0.1, -0.05) is 0 Å². The number of carbonyl (C=O) groups excluding carboxylic acids is 1. The van der Waals surface area contributed by atoms with E-state index in [0.717, 1.165) is 3.57 Å². The van der Waals surface area contributed by atoms with Crippen molar-refractivity contribution in [1.82, 2.24) is 4.98 Å². The van der Waals surface area contributed by atoms with Crippen LogP contribution in [0.5, 0.6) is 5.75 Å². The summed E-state index contributed by atoms with van der Waals surface area (Å²) >= 11 is 2.12. The molecule has 0 amide bonds. The van der Waals surface area contributed by atoms with Crippen molar-refractivity contribution in [3.63, 3.8) is 0 Å². The van der Waals surface area contributed by atoms with Gasteiger partial charge in [0.05, 0.1) is 28.2 Å². The highest BCUT2D eigenvalue weighted by molar-refractivity contribution is 14.1. The molecule has 1 N–H and O–H groups in total. The van der Waals surface area contributed by atoms with Crippen LogP contribution in [0.3, 0.4) is 0 Å². The number of nitrogens with one attached hydrogen (secondary N) is 1.